The largest absolute Gasteiger partial charge is 0.485 e. The Balaban J connectivity index is 2.53. The van der Waals surface area contributed by atoms with Crippen molar-refractivity contribution in [1.82, 2.24) is 9.78 Å². The second-order valence-corrected chi connectivity index (χ2v) is 3.79. The fraction of sp³-hybridized carbons (Fsp3) is 0.167. The second-order valence-electron chi connectivity index (χ2n) is 3.42. The zero-order chi connectivity index (χ0) is 11.5. The second kappa shape index (κ2) is 4.45. The first-order valence-electron chi connectivity index (χ1n) is 4.89. The van der Waals surface area contributed by atoms with Crippen molar-refractivity contribution in [3.8, 4) is 11.1 Å². The molecule has 82 valence electrons. The highest BCUT2D eigenvalue weighted by molar-refractivity contribution is 7.80. The molecule has 0 aliphatic rings. The molecule has 0 atom stereocenters. The van der Waals surface area contributed by atoms with Crippen LogP contribution < -0.4 is 0 Å². The van der Waals surface area contributed by atoms with E-state index < -0.39 is 0 Å². The number of aryl methyl sites for hydroxylation is 1. The molecule has 1 aromatic heterocycles. The molecule has 0 radical (unpaired) electrons. The lowest BCUT2D eigenvalue weighted by molar-refractivity contribution is 0.414. The monoisotopic (exact) mass is 232 g/mol. The molecule has 1 aromatic carbocycles. The van der Waals surface area contributed by atoms with Gasteiger partial charge < -0.3 is 4.74 Å². The number of rotatable bonds is 2. The lowest BCUT2D eigenvalue weighted by Crippen LogP contribution is -2.03. The minimum atomic E-state index is 0.416. The first kappa shape index (κ1) is 10.8. The molecule has 16 heavy (non-hydrogen) atoms. The molecule has 0 aliphatic heterocycles. The smallest absolute Gasteiger partial charge is 0.212 e. The van der Waals surface area contributed by atoms with Crippen LogP contribution in [0.5, 0.6) is 0 Å². The standard InChI is InChI=1S/C12H12N2OS/c1-14-8-10(9-6-4-3-5-7-9)11(13-14)12(16)15-2/h3-8H,1-2H3. The average molecular weight is 232 g/mol. The van der Waals surface area contributed by atoms with Crippen LogP contribution in [0.3, 0.4) is 0 Å². The quantitative estimate of drug-likeness (QED) is 0.744. The lowest BCUT2D eigenvalue weighted by atomic mass is 10.1. The molecule has 1 heterocycles. The Morgan fingerprint density at radius 3 is 2.62 bits per heavy atom. The summed E-state index contributed by atoms with van der Waals surface area (Å²) in [5, 5.41) is 4.72. The third kappa shape index (κ3) is 1.97. The van der Waals surface area contributed by atoms with E-state index in [1.807, 2.05) is 43.6 Å². The summed E-state index contributed by atoms with van der Waals surface area (Å²) in [6.07, 6.45) is 1.94. The van der Waals surface area contributed by atoms with Gasteiger partial charge in [0.05, 0.1) is 7.11 Å². The molecule has 3 nitrogen and oxygen atoms in total. The van der Waals surface area contributed by atoms with Gasteiger partial charge >= 0.3 is 0 Å². The fourth-order valence-electron chi connectivity index (χ4n) is 1.56. The van der Waals surface area contributed by atoms with E-state index in [2.05, 4.69) is 5.10 Å². The number of thiocarbonyl (C=S) groups is 1. The minimum Gasteiger partial charge on any atom is -0.485 e. The van der Waals surface area contributed by atoms with Gasteiger partial charge in [-0.25, -0.2) is 0 Å². The Bertz CT molecular complexity index is 505. The average Bonchev–Trinajstić information content (AvgIpc) is 2.71. The van der Waals surface area contributed by atoms with E-state index in [1.165, 1.54) is 0 Å². The van der Waals surface area contributed by atoms with Crippen LogP contribution in [0.4, 0.5) is 0 Å². The third-order valence-electron chi connectivity index (χ3n) is 2.29. The Morgan fingerprint density at radius 2 is 2.00 bits per heavy atom. The van der Waals surface area contributed by atoms with Crippen LogP contribution in [-0.2, 0) is 11.8 Å². The Labute approximate surface area is 99.7 Å². The summed E-state index contributed by atoms with van der Waals surface area (Å²) in [5.74, 6) is 0. The summed E-state index contributed by atoms with van der Waals surface area (Å²) in [5.41, 5.74) is 2.80. The molecule has 4 heteroatoms. The number of hydrogen-bond acceptors (Lipinski definition) is 3. The summed E-state index contributed by atoms with van der Waals surface area (Å²) >= 11 is 5.12. The maximum Gasteiger partial charge on any atom is 0.212 e. The molecule has 0 fully saturated rings. The number of benzene rings is 1. The van der Waals surface area contributed by atoms with Gasteiger partial charge in [-0.15, -0.1) is 0 Å². The highest BCUT2D eigenvalue weighted by Gasteiger charge is 2.14. The predicted molar refractivity (Wildman–Crippen MR) is 67.4 cm³/mol. The SMILES string of the molecule is COC(=S)c1nn(C)cc1-c1ccccc1. The van der Waals surface area contributed by atoms with Gasteiger partial charge in [0.15, 0.2) is 0 Å². The highest BCUT2D eigenvalue weighted by atomic mass is 32.1. The summed E-state index contributed by atoms with van der Waals surface area (Å²) < 4.78 is 6.81. The van der Waals surface area contributed by atoms with Crippen molar-refractivity contribution >= 4 is 17.3 Å². The van der Waals surface area contributed by atoms with Crippen molar-refractivity contribution in [3.63, 3.8) is 0 Å². The van der Waals surface area contributed by atoms with E-state index in [-0.39, 0.29) is 0 Å². The number of aromatic nitrogens is 2. The van der Waals surface area contributed by atoms with E-state index in [0.29, 0.717) is 10.7 Å². The number of ether oxygens (including phenoxy) is 1. The fourth-order valence-corrected chi connectivity index (χ4v) is 1.72. The van der Waals surface area contributed by atoms with E-state index in [1.54, 1.807) is 11.8 Å². The highest BCUT2D eigenvalue weighted by Crippen LogP contribution is 2.23. The van der Waals surface area contributed by atoms with Crippen LogP contribution in [0.1, 0.15) is 5.69 Å². The Morgan fingerprint density at radius 1 is 1.31 bits per heavy atom. The molecular weight excluding hydrogens is 220 g/mol. The number of methoxy groups -OCH3 is 1. The summed E-state index contributed by atoms with van der Waals surface area (Å²) in [6.45, 7) is 0. The van der Waals surface area contributed by atoms with Crippen molar-refractivity contribution in [2.45, 2.75) is 0 Å². The van der Waals surface area contributed by atoms with Crippen LogP contribution in [-0.4, -0.2) is 21.9 Å². The molecule has 2 aromatic rings. The van der Waals surface area contributed by atoms with Crippen molar-refractivity contribution in [1.29, 1.82) is 0 Å². The Kier molecular flexibility index (Phi) is 3.01. The van der Waals surface area contributed by atoms with E-state index in [4.69, 9.17) is 17.0 Å². The predicted octanol–water partition coefficient (Wildman–Crippen LogP) is 2.41. The maximum absolute atomic E-state index is 5.12. The minimum absolute atomic E-state index is 0.416. The molecular formula is C12H12N2OS. The van der Waals surface area contributed by atoms with Crippen LogP contribution in [0.15, 0.2) is 36.5 Å². The van der Waals surface area contributed by atoms with Crippen molar-refractivity contribution in [2.24, 2.45) is 7.05 Å². The van der Waals surface area contributed by atoms with Gasteiger partial charge in [-0.2, -0.15) is 5.10 Å². The molecule has 0 saturated carbocycles. The maximum atomic E-state index is 5.12. The van der Waals surface area contributed by atoms with Gasteiger partial charge in [0.1, 0.15) is 5.69 Å². The molecule has 0 bridgehead atoms. The lowest BCUT2D eigenvalue weighted by Gasteiger charge is -2.02. The first-order valence-corrected chi connectivity index (χ1v) is 5.30. The Hall–Kier alpha value is -1.68. The van der Waals surface area contributed by atoms with Gasteiger partial charge in [0, 0.05) is 18.8 Å². The van der Waals surface area contributed by atoms with Gasteiger partial charge in [-0.05, 0) is 17.8 Å². The molecule has 0 N–H and O–H groups in total. The first-order chi connectivity index (χ1) is 7.72. The topological polar surface area (TPSA) is 27.1 Å². The summed E-state index contributed by atoms with van der Waals surface area (Å²) in [7, 11) is 3.43. The van der Waals surface area contributed by atoms with Crippen LogP contribution in [0.25, 0.3) is 11.1 Å². The number of hydrogen-bond donors (Lipinski definition) is 0. The normalized spacial score (nSPS) is 10.1. The van der Waals surface area contributed by atoms with Crippen molar-refractivity contribution in [3.05, 3.63) is 42.2 Å². The molecule has 0 amide bonds. The van der Waals surface area contributed by atoms with E-state index in [0.717, 1.165) is 11.1 Å². The van der Waals surface area contributed by atoms with Crippen LogP contribution >= 0.6 is 12.2 Å². The summed E-state index contributed by atoms with van der Waals surface area (Å²) in [4.78, 5) is 0. The zero-order valence-electron chi connectivity index (χ0n) is 9.18. The van der Waals surface area contributed by atoms with Crippen LogP contribution in [0, 0.1) is 0 Å². The molecule has 0 saturated heterocycles. The van der Waals surface area contributed by atoms with Gasteiger partial charge in [0.2, 0.25) is 5.05 Å². The molecule has 0 aliphatic carbocycles. The van der Waals surface area contributed by atoms with Crippen molar-refractivity contribution in [2.75, 3.05) is 7.11 Å². The van der Waals surface area contributed by atoms with E-state index >= 15 is 0 Å². The number of nitrogens with zero attached hydrogens (tertiary/aromatic N) is 2. The molecule has 0 unspecified atom stereocenters. The molecule has 0 spiro atoms. The van der Waals surface area contributed by atoms with Gasteiger partial charge in [-0.1, -0.05) is 30.3 Å². The van der Waals surface area contributed by atoms with Crippen LogP contribution in [0.2, 0.25) is 0 Å². The third-order valence-corrected chi connectivity index (χ3v) is 2.65. The zero-order valence-corrected chi connectivity index (χ0v) is 9.99. The van der Waals surface area contributed by atoms with Gasteiger partial charge in [-0.3, -0.25) is 4.68 Å². The van der Waals surface area contributed by atoms with E-state index in [9.17, 15) is 0 Å². The van der Waals surface area contributed by atoms with Gasteiger partial charge in [0.25, 0.3) is 0 Å². The summed E-state index contributed by atoms with van der Waals surface area (Å²) in [6, 6.07) is 10.0. The van der Waals surface area contributed by atoms with Crippen molar-refractivity contribution < 1.29 is 4.74 Å². The molecule has 2 rings (SSSR count).